The van der Waals surface area contributed by atoms with Crippen molar-refractivity contribution < 1.29 is 9.47 Å². The Kier molecular flexibility index (Phi) is 3.70. The van der Waals surface area contributed by atoms with Crippen LogP contribution in [0.15, 0.2) is 42.5 Å². The molecular formula is C22H25NO2. The number of rotatable bonds is 2. The average molecular weight is 335 g/mol. The van der Waals surface area contributed by atoms with Crippen LogP contribution in [0.2, 0.25) is 0 Å². The Morgan fingerprint density at radius 2 is 1.88 bits per heavy atom. The standard InChI is InChI=1S/C22H25NO2/c1-15-5-4-12-23(15)19-10-8-16-6-2-3-7-18(16)22(19)17-9-11-20-21(13-17)25-14-24-20/h2-3,6-7,9,11,13,15,19,22H,4-5,8,10,12,14H2,1H3. The molecule has 130 valence electrons. The van der Waals surface area contributed by atoms with E-state index in [1.165, 1.54) is 48.9 Å². The number of hydrogen-bond donors (Lipinski definition) is 0. The van der Waals surface area contributed by atoms with E-state index in [-0.39, 0.29) is 0 Å². The van der Waals surface area contributed by atoms with Gasteiger partial charge in [0.05, 0.1) is 0 Å². The van der Waals surface area contributed by atoms with E-state index in [1.54, 1.807) is 0 Å². The molecule has 3 nitrogen and oxygen atoms in total. The Morgan fingerprint density at radius 1 is 1.00 bits per heavy atom. The quantitative estimate of drug-likeness (QED) is 0.814. The highest BCUT2D eigenvalue weighted by molar-refractivity contribution is 5.50. The second kappa shape index (κ2) is 6.06. The van der Waals surface area contributed by atoms with Crippen molar-refractivity contribution in [3.8, 4) is 11.5 Å². The van der Waals surface area contributed by atoms with Gasteiger partial charge in [0.15, 0.2) is 11.5 Å². The molecule has 25 heavy (non-hydrogen) atoms. The van der Waals surface area contributed by atoms with E-state index in [9.17, 15) is 0 Å². The largest absolute Gasteiger partial charge is 0.454 e. The molecule has 0 radical (unpaired) electrons. The third-order valence-corrected chi connectivity index (χ3v) is 6.27. The smallest absolute Gasteiger partial charge is 0.231 e. The van der Waals surface area contributed by atoms with Crippen LogP contribution in [0.1, 0.15) is 48.8 Å². The van der Waals surface area contributed by atoms with E-state index < -0.39 is 0 Å². The molecule has 3 aliphatic rings. The minimum atomic E-state index is 0.340. The first-order valence-electron chi connectivity index (χ1n) is 9.54. The highest BCUT2D eigenvalue weighted by Gasteiger charge is 2.38. The van der Waals surface area contributed by atoms with Gasteiger partial charge < -0.3 is 9.47 Å². The van der Waals surface area contributed by atoms with Crippen LogP contribution in [0.3, 0.4) is 0 Å². The maximum Gasteiger partial charge on any atom is 0.231 e. The number of aryl methyl sites for hydroxylation is 1. The first-order valence-corrected chi connectivity index (χ1v) is 9.54. The predicted octanol–water partition coefficient (Wildman–Crippen LogP) is 4.35. The summed E-state index contributed by atoms with van der Waals surface area (Å²) in [5.41, 5.74) is 4.37. The SMILES string of the molecule is CC1CCCN1C1CCc2ccccc2C1c1ccc2c(c1)OCO2. The number of nitrogens with zero attached hydrogens (tertiary/aromatic N) is 1. The van der Waals surface area contributed by atoms with Crippen LogP contribution in [0, 0.1) is 0 Å². The number of likely N-dealkylation sites (tertiary alicyclic amines) is 1. The number of fused-ring (bicyclic) bond motifs is 2. The molecule has 3 heteroatoms. The molecule has 0 amide bonds. The molecule has 3 unspecified atom stereocenters. The normalized spacial score (nSPS) is 28.1. The number of hydrogen-bond acceptors (Lipinski definition) is 3. The van der Waals surface area contributed by atoms with Gasteiger partial charge in [-0.25, -0.2) is 0 Å². The third-order valence-electron chi connectivity index (χ3n) is 6.27. The first-order chi connectivity index (χ1) is 12.3. The van der Waals surface area contributed by atoms with Crippen molar-refractivity contribution in [1.29, 1.82) is 0 Å². The van der Waals surface area contributed by atoms with Gasteiger partial charge in [-0.1, -0.05) is 30.3 Å². The van der Waals surface area contributed by atoms with E-state index in [0.717, 1.165) is 11.5 Å². The van der Waals surface area contributed by atoms with E-state index >= 15 is 0 Å². The topological polar surface area (TPSA) is 21.7 Å². The van der Waals surface area contributed by atoms with E-state index in [2.05, 4.69) is 54.3 Å². The summed E-state index contributed by atoms with van der Waals surface area (Å²) in [6.45, 7) is 3.96. The summed E-state index contributed by atoms with van der Waals surface area (Å²) < 4.78 is 11.2. The second-order valence-electron chi connectivity index (χ2n) is 7.62. The summed E-state index contributed by atoms with van der Waals surface area (Å²) in [6, 6.07) is 16.8. The van der Waals surface area contributed by atoms with Gasteiger partial charge in [0.2, 0.25) is 6.79 Å². The molecule has 1 saturated heterocycles. The van der Waals surface area contributed by atoms with Gasteiger partial charge >= 0.3 is 0 Å². The summed E-state index contributed by atoms with van der Waals surface area (Å²) in [5, 5.41) is 0. The molecule has 0 bridgehead atoms. The molecule has 2 aromatic rings. The second-order valence-corrected chi connectivity index (χ2v) is 7.62. The minimum absolute atomic E-state index is 0.340. The maximum atomic E-state index is 5.66. The summed E-state index contributed by atoms with van der Waals surface area (Å²) in [7, 11) is 0. The zero-order valence-corrected chi connectivity index (χ0v) is 14.8. The molecular weight excluding hydrogens is 310 g/mol. The lowest BCUT2D eigenvalue weighted by Gasteiger charge is -2.41. The fraction of sp³-hybridized carbons (Fsp3) is 0.455. The fourth-order valence-corrected chi connectivity index (χ4v) is 5.06. The van der Waals surface area contributed by atoms with Gasteiger partial charge in [-0.2, -0.15) is 0 Å². The van der Waals surface area contributed by atoms with Crippen LogP contribution < -0.4 is 9.47 Å². The van der Waals surface area contributed by atoms with Crippen molar-refractivity contribution in [3.63, 3.8) is 0 Å². The summed E-state index contributed by atoms with van der Waals surface area (Å²) in [5.74, 6) is 2.19. The highest BCUT2D eigenvalue weighted by Crippen LogP contribution is 2.44. The van der Waals surface area contributed by atoms with Crippen LogP contribution in [-0.2, 0) is 6.42 Å². The van der Waals surface area contributed by atoms with Gasteiger partial charge in [-0.3, -0.25) is 4.90 Å². The molecule has 2 aromatic carbocycles. The zero-order valence-electron chi connectivity index (χ0n) is 14.8. The van der Waals surface area contributed by atoms with Gasteiger partial charge in [-0.15, -0.1) is 0 Å². The molecule has 0 spiro atoms. The van der Waals surface area contributed by atoms with E-state index in [4.69, 9.17) is 9.47 Å². The Hall–Kier alpha value is -2.00. The van der Waals surface area contributed by atoms with Crippen molar-refractivity contribution in [2.75, 3.05) is 13.3 Å². The highest BCUT2D eigenvalue weighted by atomic mass is 16.7. The van der Waals surface area contributed by atoms with Gasteiger partial charge in [-0.05, 0) is 68.0 Å². The Morgan fingerprint density at radius 3 is 2.76 bits per heavy atom. The predicted molar refractivity (Wildman–Crippen MR) is 98.4 cm³/mol. The lowest BCUT2D eigenvalue weighted by molar-refractivity contribution is 0.158. The number of benzene rings is 2. The van der Waals surface area contributed by atoms with E-state index in [0.29, 0.717) is 24.8 Å². The van der Waals surface area contributed by atoms with Crippen molar-refractivity contribution in [2.45, 2.75) is 50.6 Å². The van der Waals surface area contributed by atoms with Crippen molar-refractivity contribution in [1.82, 2.24) is 4.90 Å². The van der Waals surface area contributed by atoms with Gasteiger partial charge in [0, 0.05) is 18.0 Å². The van der Waals surface area contributed by atoms with Crippen LogP contribution >= 0.6 is 0 Å². The molecule has 1 aliphatic carbocycles. The molecule has 2 heterocycles. The average Bonchev–Trinajstić information content (AvgIpc) is 3.28. The lowest BCUT2D eigenvalue weighted by Crippen LogP contribution is -2.44. The molecule has 0 N–H and O–H groups in total. The minimum Gasteiger partial charge on any atom is -0.454 e. The lowest BCUT2D eigenvalue weighted by atomic mass is 9.74. The maximum absolute atomic E-state index is 5.66. The van der Waals surface area contributed by atoms with Crippen molar-refractivity contribution in [3.05, 3.63) is 59.2 Å². The van der Waals surface area contributed by atoms with Gasteiger partial charge in [0.25, 0.3) is 0 Å². The van der Waals surface area contributed by atoms with Crippen LogP contribution in [0.4, 0.5) is 0 Å². The Balaban J connectivity index is 1.60. The zero-order chi connectivity index (χ0) is 16.8. The third kappa shape index (κ3) is 2.53. The molecule has 0 saturated carbocycles. The monoisotopic (exact) mass is 335 g/mol. The van der Waals surface area contributed by atoms with Crippen molar-refractivity contribution in [2.24, 2.45) is 0 Å². The van der Waals surface area contributed by atoms with Crippen molar-refractivity contribution >= 4 is 0 Å². The summed E-state index contributed by atoms with van der Waals surface area (Å²) >= 11 is 0. The van der Waals surface area contributed by atoms with Crippen LogP contribution in [0.5, 0.6) is 11.5 Å². The molecule has 3 atom stereocenters. The Labute approximate surface area is 149 Å². The van der Waals surface area contributed by atoms with Crippen LogP contribution in [0.25, 0.3) is 0 Å². The molecule has 0 aromatic heterocycles. The van der Waals surface area contributed by atoms with Gasteiger partial charge in [0.1, 0.15) is 0 Å². The first kappa shape index (κ1) is 15.3. The molecule has 5 rings (SSSR count). The number of ether oxygens (including phenoxy) is 2. The van der Waals surface area contributed by atoms with Crippen LogP contribution in [-0.4, -0.2) is 30.3 Å². The summed E-state index contributed by atoms with van der Waals surface area (Å²) in [6.07, 6.45) is 5.07. The molecule has 1 fully saturated rings. The Bertz CT molecular complexity index is 787. The molecule has 2 aliphatic heterocycles. The van der Waals surface area contributed by atoms with E-state index in [1.807, 2.05) is 0 Å². The fourth-order valence-electron chi connectivity index (χ4n) is 5.06. The summed E-state index contributed by atoms with van der Waals surface area (Å²) in [4.78, 5) is 2.76.